The molecule has 0 fully saturated rings. The Hall–Kier alpha value is -2.99. The van der Waals surface area contributed by atoms with E-state index in [4.69, 9.17) is 10.7 Å². The Morgan fingerprint density at radius 1 is 1.23 bits per heavy atom. The normalized spacial score (nSPS) is 14.2. The summed E-state index contributed by atoms with van der Waals surface area (Å²) in [5.74, 6) is 0.602. The number of anilines is 1. The number of pyridine rings is 1. The van der Waals surface area contributed by atoms with Crippen LogP contribution in [0, 0.1) is 6.92 Å². The van der Waals surface area contributed by atoms with Crippen molar-refractivity contribution in [3.8, 4) is 11.4 Å². The van der Waals surface area contributed by atoms with Crippen LogP contribution in [0.15, 0.2) is 47.5 Å². The Kier molecular flexibility index (Phi) is 4.26. The zero-order valence-corrected chi connectivity index (χ0v) is 14.7. The quantitative estimate of drug-likeness (QED) is 0.710. The van der Waals surface area contributed by atoms with Crippen molar-refractivity contribution in [1.29, 1.82) is 0 Å². The molecule has 1 aromatic carbocycles. The predicted octanol–water partition coefficient (Wildman–Crippen LogP) is 2.28. The molecule has 6 heteroatoms. The van der Waals surface area contributed by atoms with Gasteiger partial charge < -0.3 is 10.7 Å². The number of aryl methyl sites for hydroxylation is 1. The molecular weight excluding hydrogens is 326 g/mol. The van der Waals surface area contributed by atoms with E-state index in [2.05, 4.69) is 21.8 Å². The van der Waals surface area contributed by atoms with Gasteiger partial charge in [-0.1, -0.05) is 0 Å². The predicted molar refractivity (Wildman–Crippen MR) is 101 cm³/mol. The molecule has 1 aliphatic heterocycles. The van der Waals surface area contributed by atoms with Gasteiger partial charge in [0.15, 0.2) is 0 Å². The van der Waals surface area contributed by atoms with Crippen LogP contribution in [-0.4, -0.2) is 26.4 Å². The van der Waals surface area contributed by atoms with E-state index >= 15 is 0 Å². The topological polar surface area (TPSA) is 87.9 Å². The molecule has 3 heterocycles. The lowest BCUT2D eigenvalue weighted by atomic mass is 10.0. The van der Waals surface area contributed by atoms with Crippen molar-refractivity contribution in [3.63, 3.8) is 0 Å². The second-order valence-corrected chi connectivity index (χ2v) is 6.72. The summed E-state index contributed by atoms with van der Waals surface area (Å²) < 4.78 is 0. The zero-order valence-electron chi connectivity index (χ0n) is 14.7. The fourth-order valence-corrected chi connectivity index (χ4v) is 3.30. The molecule has 3 aromatic rings. The third-order valence-electron chi connectivity index (χ3n) is 4.87. The molecule has 0 saturated heterocycles. The maximum absolute atomic E-state index is 12.6. The van der Waals surface area contributed by atoms with Crippen LogP contribution in [0.3, 0.4) is 0 Å². The zero-order chi connectivity index (χ0) is 18.1. The molecule has 0 atom stereocenters. The van der Waals surface area contributed by atoms with Crippen molar-refractivity contribution in [2.45, 2.75) is 26.4 Å². The molecule has 2 aromatic heterocycles. The van der Waals surface area contributed by atoms with Gasteiger partial charge in [0.2, 0.25) is 0 Å². The molecular formula is C20H21N5O. The lowest BCUT2D eigenvalue weighted by Crippen LogP contribution is -2.35. The van der Waals surface area contributed by atoms with Gasteiger partial charge in [-0.3, -0.25) is 14.7 Å². The van der Waals surface area contributed by atoms with Gasteiger partial charge in [-0.25, -0.2) is 4.98 Å². The van der Waals surface area contributed by atoms with Crippen LogP contribution < -0.4 is 11.3 Å². The molecule has 26 heavy (non-hydrogen) atoms. The summed E-state index contributed by atoms with van der Waals surface area (Å²) in [6.45, 7) is 4.35. The highest BCUT2D eigenvalue weighted by Gasteiger charge is 2.22. The number of aromatic nitrogens is 3. The summed E-state index contributed by atoms with van der Waals surface area (Å²) in [5, 5.41) is 0. The number of nitrogens with one attached hydrogen (secondary N) is 1. The van der Waals surface area contributed by atoms with Crippen molar-refractivity contribution in [2.24, 2.45) is 0 Å². The van der Waals surface area contributed by atoms with Gasteiger partial charge >= 0.3 is 0 Å². The van der Waals surface area contributed by atoms with E-state index in [1.54, 1.807) is 6.20 Å². The fourth-order valence-electron chi connectivity index (χ4n) is 3.30. The van der Waals surface area contributed by atoms with Crippen LogP contribution in [-0.2, 0) is 19.5 Å². The first-order chi connectivity index (χ1) is 12.6. The number of nitrogen functional groups attached to an aromatic ring is 1. The molecule has 4 rings (SSSR count). The van der Waals surface area contributed by atoms with E-state index in [-0.39, 0.29) is 5.56 Å². The van der Waals surface area contributed by atoms with Crippen LogP contribution in [0.5, 0.6) is 0 Å². The molecule has 0 spiro atoms. The SMILES string of the molecule is Cc1ccncc1CN1CCc2nc(-c3ccc(N)cc3)[nH]c(=O)c2C1. The Balaban J connectivity index is 1.59. The van der Waals surface area contributed by atoms with Gasteiger partial charge in [0.25, 0.3) is 5.56 Å². The van der Waals surface area contributed by atoms with Gasteiger partial charge in [0.1, 0.15) is 5.82 Å². The second-order valence-electron chi connectivity index (χ2n) is 6.72. The van der Waals surface area contributed by atoms with Gasteiger partial charge in [0.05, 0.1) is 11.3 Å². The number of benzene rings is 1. The molecule has 0 radical (unpaired) electrons. The largest absolute Gasteiger partial charge is 0.399 e. The minimum atomic E-state index is -0.0607. The smallest absolute Gasteiger partial charge is 0.255 e. The number of aromatic amines is 1. The summed E-state index contributed by atoms with van der Waals surface area (Å²) in [5.41, 5.74) is 11.3. The van der Waals surface area contributed by atoms with E-state index in [0.29, 0.717) is 18.1 Å². The molecule has 6 nitrogen and oxygen atoms in total. The Morgan fingerprint density at radius 3 is 2.81 bits per heavy atom. The maximum Gasteiger partial charge on any atom is 0.255 e. The number of nitrogens with zero attached hydrogens (tertiary/aromatic N) is 3. The van der Waals surface area contributed by atoms with Crippen LogP contribution >= 0.6 is 0 Å². The number of nitrogens with two attached hydrogens (primary N) is 1. The van der Waals surface area contributed by atoms with E-state index in [1.807, 2.05) is 36.5 Å². The lowest BCUT2D eigenvalue weighted by Gasteiger charge is -2.28. The number of hydrogen-bond donors (Lipinski definition) is 2. The third kappa shape index (κ3) is 3.23. The van der Waals surface area contributed by atoms with Crippen molar-refractivity contribution >= 4 is 5.69 Å². The molecule has 0 amide bonds. The molecule has 0 aliphatic carbocycles. The molecule has 3 N–H and O–H groups in total. The van der Waals surface area contributed by atoms with Crippen LogP contribution in [0.4, 0.5) is 5.69 Å². The van der Waals surface area contributed by atoms with Crippen molar-refractivity contribution in [1.82, 2.24) is 19.9 Å². The minimum absolute atomic E-state index is 0.0607. The number of H-pyrrole nitrogens is 1. The Labute approximate surface area is 151 Å². The summed E-state index contributed by atoms with van der Waals surface area (Å²) in [4.78, 5) is 26.7. The molecule has 1 aliphatic rings. The maximum atomic E-state index is 12.6. The van der Waals surface area contributed by atoms with E-state index in [1.165, 1.54) is 11.1 Å². The highest BCUT2D eigenvalue weighted by atomic mass is 16.1. The lowest BCUT2D eigenvalue weighted by molar-refractivity contribution is 0.241. The molecule has 132 valence electrons. The highest BCUT2D eigenvalue weighted by Crippen LogP contribution is 2.21. The monoisotopic (exact) mass is 347 g/mol. The van der Waals surface area contributed by atoms with Gasteiger partial charge in [-0.2, -0.15) is 0 Å². The Bertz CT molecular complexity index is 994. The first-order valence-corrected chi connectivity index (χ1v) is 8.70. The molecule has 0 saturated carbocycles. The van der Waals surface area contributed by atoms with Gasteiger partial charge in [0, 0.05) is 49.7 Å². The summed E-state index contributed by atoms with van der Waals surface area (Å²) >= 11 is 0. The fraction of sp³-hybridized carbons (Fsp3) is 0.250. The summed E-state index contributed by atoms with van der Waals surface area (Å²) in [7, 11) is 0. The Morgan fingerprint density at radius 2 is 2.04 bits per heavy atom. The highest BCUT2D eigenvalue weighted by molar-refractivity contribution is 5.58. The van der Waals surface area contributed by atoms with Gasteiger partial charge in [-0.15, -0.1) is 0 Å². The van der Waals surface area contributed by atoms with Crippen LogP contribution in [0.1, 0.15) is 22.4 Å². The van der Waals surface area contributed by atoms with Crippen molar-refractivity contribution in [3.05, 3.63) is 75.5 Å². The van der Waals surface area contributed by atoms with Crippen LogP contribution in [0.25, 0.3) is 11.4 Å². The van der Waals surface area contributed by atoms with Crippen molar-refractivity contribution in [2.75, 3.05) is 12.3 Å². The summed E-state index contributed by atoms with van der Waals surface area (Å²) in [6.07, 6.45) is 4.47. The van der Waals surface area contributed by atoms with Crippen LogP contribution in [0.2, 0.25) is 0 Å². The molecule has 0 unspecified atom stereocenters. The average Bonchev–Trinajstić information content (AvgIpc) is 2.64. The standard InChI is InChI=1S/C20H21N5O/c1-13-6-8-22-10-15(13)11-25-9-7-18-17(12-25)20(26)24-19(23-18)14-2-4-16(21)5-3-14/h2-6,8,10H,7,9,11-12,21H2,1H3,(H,23,24,26). The van der Waals surface area contributed by atoms with E-state index < -0.39 is 0 Å². The number of rotatable bonds is 3. The van der Waals surface area contributed by atoms with Crippen molar-refractivity contribution < 1.29 is 0 Å². The molecule has 0 bridgehead atoms. The first-order valence-electron chi connectivity index (χ1n) is 8.70. The first kappa shape index (κ1) is 16.5. The second kappa shape index (κ2) is 6.72. The minimum Gasteiger partial charge on any atom is -0.399 e. The number of hydrogen-bond acceptors (Lipinski definition) is 5. The third-order valence-corrected chi connectivity index (χ3v) is 4.87. The average molecular weight is 347 g/mol. The summed E-state index contributed by atoms with van der Waals surface area (Å²) in [6, 6.07) is 9.39. The van der Waals surface area contributed by atoms with E-state index in [0.717, 1.165) is 36.3 Å². The van der Waals surface area contributed by atoms with E-state index in [9.17, 15) is 4.79 Å². The number of fused-ring (bicyclic) bond motifs is 1. The van der Waals surface area contributed by atoms with Gasteiger partial charge in [-0.05, 0) is 48.4 Å².